The Morgan fingerprint density at radius 2 is 1.78 bits per heavy atom. The summed E-state index contributed by atoms with van der Waals surface area (Å²) in [6.07, 6.45) is 18.1. The third kappa shape index (κ3) is 4.34. The second-order valence-electron chi connectivity index (χ2n) is 12.1. The van der Waals surface area contributed by atoms with Crippen molar-refractivity contribution >= 4 is 11.8 Å². The van der Waals surface area contributed by atoms with Gasteiger partial charge in [0.2, 0.25) is 0 Å². The van der Waals surface area contributed by atoms with Crippen LogP contribution in [-0.2, 0) is 14.3 Å². The predicted octanol–water partition coefficient (Wildman–Crippen LogP) is 7.43. The number of Topliss-reactive ketones (excluding diaryl/α,β-unsaturated/α-hetero) is 1. The number of rotatable bonds is 8. The second kappa shape index (κ2) is 9.63. The van der Waals surface area contributed by atoms with Crippen LogP contribution in [0.2, 0.25) is 0 Å². The number of esters is 1. The molecule has 0 radical (unpaired) electrons. The molecule has 0 N–H and O–H groups in total. The van der Waals surface area contributed by atoms with E-state index in [0.717, 1.165) is 50.4 Å². The fourth-order valence-corrected chi connectivity index (χ4v) is 8.51. The summed E-state index contributed by atoms with van der Waals surface area (Å²) in [6, 6.07) is 0. The molecule has 0 aromatic heterocycles. The molecule has 3 nitrogen and oxygen atoms in total. The minimum Gasteiger partial charge on any atom is -0.462 e. The Kier molecular flexibility index (Phi) is 7.23. The molecule has 0 amide bonds. The van der Waals surface area contributed by atoms with Crippen molar-refractivity contribution in [1.82, 2.24) is 0 Å². The van der Waals surface area contributed by atoms with Crippen molar-refractivity contribution in [3.05, 3.63) is 11.6 Å². The fraction of sp³-hybridized carbons (Fsp3) is 0.862. The number of carbonyl (C=O) groups is 2. The van der Waals surface area contributed by atoms with Crippen LogP contribution in [0.25, 0.3) is 0 Å². The fourth-order valence-electron chi connectivity index (χ4n) is 8.51. The van der Waals surface area contributed by atoms with Gasteiger partial charge in [0.1, 0.15) is 11.9 Å². The van der Waals surface area contributed by atoms with Gasteiger partial charge in [-0.1, -0.05) is 58.1 Å². The van der Waals surface area contributed by atoms with E-state index in [4.69, 9.17) is 4.74 Å². The van der Waals surface area contributed by atoms with Gasteiger partial charge in [-0.2, -0.15) is 0 Å². The highest BCUT2D eigenvalue weighted by molar-refractivity contribution is 5.79. The van der Waals surface area contributed by atoms with Crippen molar-refractivity contribution in [2.75, 3.05) is 0 Å². The molecule has 3 heteroatoms. The molecule has 0 spiro atoms. The maximum atomic E-state index is 12.4. The highest BCUT2D eigenvalue weighted by Gasteiger charge is 2.59. The van der Waals surface area contributed by atoms with E-state index in [0.29, 0.717) is 18.1 Å². The molecule has 7 atom stereocenters. The Labute approximate surface area is 196 Å². The lowest BCUT2D eigenvalue weighted by Crippen LogP contribution is -2.51. The van der Waals surface area contributed by atoms with Crippen LogP contribution in [0.5, 0.6) is 0 Å². The Hall–Kier alpha value is -1.12. The minimum absolute atomic E-state index is 0.0130. The van der Waals surface area contributed by atoms with Crippen LogP contribution in [0.3, 0.4) is 0 Å². The highest BCUT2D eigenvalue weighted by Crippen LogP contribution is 2.66. The number of hydrogen-bond donors (Lipinski definition) is 0. The lowest BCUT2D eigenvalue weighted by molar-refractivity contribution is -0.151. The first-order valence-corrected chi connectivity index (χ1v) is 13.7. The maximum absolute atomic E-state index is 12.4. The van der Waals surface area contributed by atoms with E-state index in [-0.39, 0.29) is 28.8 Å². The summed E-state index contributed by atoms with van der Waals surface area (Å²) in [7, 11) is 0. The average molecular weight is 443 g/mol. The second-order valence-corrected chi connectivity index (χ2v) is 12.1. The zero-order chi connectivity index (χ0) is 22.9. The van der Waals surface area contributed by atoms with Gasteiger partial charge in [0.05, 0.1) is 0 Å². The molecule has 0 aromatic carbocycles. The largest absolute Gasteiger partial charge is 0.462 e. The molecule has 4 aliphatic carbocycles. The first-order valence-electron chi connectivity index (χ1n) is 13.7. The van der Waals surface area contributed by atoms with E-state index in [2.05, 4.69) is 26.8 Å². The van der Waals surface area contributed by atoms with Crippen molar-refractivity contribution in [2.45, 2.75) is 124 Å². The summed E-state index contributed by atoms with van der Waals surface area (Å²) in [6.45, 7) is 8.96. The van der Waals surface area contributed by atoms with Gasteiger partial charge in [-0.25, -0.2) is 0 Å². The number of ketones is 1. The lowest BCUT2D eigenvalue weighted by atomic mass is 9.47. The van der Waals surface area contributed by atoms with E-state index in [1.807, 2.05) is 6.92 Å². The van der Waals surface area contributed by atoms with Gasteiger partial charge in [0, 0.05) is 18.8 Å². The first-order chi connectivity index (χ1) is 15.3. The molecule has 0 bridgehead atoms. The Morgan fingerprint density at radius 1 is 1.00 bits per heavy atom. The molecule has 180 valence electrons. The van der Waals surface area contributed by atoms with Crippen molar-refractivity contribution < 1.29 is 14.3 Å². The minimum atomic E-state index is 0.0130. The zero-order valence-corrected chi connectivity index (χ0v) is 21.1. The lowest BCUT2D eigenvalue weighted by Gasteiger charge is -2.58. The van der Waals surface area contributed by atoms with Gasteiger partial charge < -0.3 is 4.74 Å². The molecule has 4 aliphatic rings. The van der Waals surface area contributed by atoms with Crippen LogP contribution in [0.15, 0.2) is 11.6 Å². The van der Waals surface area contributed by atoms with E-state index in [1.165, 1.54) is 44.9 Å². The number of hydrogen-bond acceptors (Lipinski definition) is 3. The number of unbranched alkanes of at least 4 members (excludes halogenated alkanes) is 4. The van der Waals surface area contributed by atoms with Crippen LogP contribution in [0.1, 0.15) is 118 Å². The van der Waals surface area contributed by atoms with Gasteiger partial charge in [-0.15, -0.1) is 0 Å². The smallest absolute Gasteiger partial charge is 0.306 e. The SMILES string of the molecule is CCCCCCCC(=O)O[C@H]1CC[C@@]2(C)C(=CC[C@H]3[C@@H]4CC[C@H](C(C)=O)[C@@]4(C)CC[C@@H]32)C1. The third-order valence-corrected chi connectivity index (χ3v) is 10.3. The van der Waals surface area contributed by atoms with Crippen molar-refractivity contribution in [3.8, 4) is 0 Å². The van der Waals surface area contributed by atoms with Crippen LogP contribution in [0.4, 0.5) is 0 Å². The number of carbonyl (C=O) groups excluding carboxylic acids is 2. The number of fused-ring (bicyclic) bond motifs is 5. The molecule has 0 aliphatic heterocycles. The topological polar surface area (TPSA) is 43.4 Å². The highest BCUT2D eigenvalue weighted by atomic mass is 16.5. The monoisotopic (exact) mass is 442 g/mol. The van der Waals surface area contributed by atoms with E-state index < -0.39 is 0 Å². The number of ether oxygens (including phenoxy) is 1. The molecule has 0 unspecified atom stereocenters. The summed E-state index contributed by atoms with van der Waals surface area (Å²) in [4.78, 5) is 24.7. The summed E-state index contributed by atoms with van der Waals surface area (Å²) in [5.41, 5.74) is 2.05. The zero-order valence-electron chi connectivity index (χ0n) is 21.1. The molecule has 0 aromatic rings. The Balaban J connectivity index is 1.37. The molecule has 32 heavy (non-hydrogen) atoms. The quantitative estimate of drug-likeness (QED) is 0.223. The van der Waals surface area contributed by atoms with Crippen LogP contribution >= 0.6 is 0 Å². The molecular formula is C29H46O3. The standard InChI is InChI=1S/C29H46O3/c1-5-6-7-8-9-10-27(31)32-22-15-17-28(3)21(19-22)11-12-23-25-14-13-24(20(2)30)29(25,4)18-16-26(23)28/h11,22-26H,5-10,12-19H2,1-4H3/t22-,23-,24+,25-,26-,28-,29+/m0/s1. The molecule has 0 saturated heterocycles. The van der Waals surface area contributed by atoms with Crippen molar-refractivity contribution in [3.63, 3.8) is 0 Å². The Morgan fingerprint density at radius 3 is 2.53 bits per heavy atom. The summed E-state index contributed by atoms with van der Waals surface area (Å²) >= 11 is 0. The van der Waals surface area contributed by atoms with Crippen molar-refractivity contribution in [1.29, 1.82) is 0 Å². The normalized spacial score (nSPS) is 40.6. The van der Waals surface area contributed by atoms with E-state index >= 15 is 0 Å². The van der Waals surface area contributed by atoms with Crippen molar-refractivity contribution in [2.24, 2.45) is 34.5 Å². The molecular weight excluding hydrogens is 396 g/mol. The molecule has 0 heterocycles. The first kappa shape index (κ1) is 24.0. The summed E-state index contributed by atoms with van der Waals surface area (Å²) < 4.78 is 5.94. The van der Waals surface area contributed by atoms with Gasteiger partial charge in [-0.3, -0.25) is 9.59 Å². The Bertz CT molecular complexity index is 739. The van der Waals surface area contributed by atoms with E-state index in [1.54, 1.807) is 5.57 Å². The molecule has 4 rings (SSSR count). The third-order valence-electron chi connectivity index (χ3n) is 10.3. The van der Waals surface area contributed by atoms with Gasteiger partial charge in [0.15, 0.2) is 0 Å². The van der Waals surface area contributed by atoms with Crippen LogP contribution in [-0.4, -0.2) is 17.9 Å². The predicted molar refractivity (Wildman–Crippen MR) is 129 cm³/mol. The van der Waals surface area contributed by atoms with Gasteiger partial charge >= 0.3 is 5.97 Å². The summed E-state index contributed by atoms with van der Waals surface area (Å²) in [5, 5.41) is 0. The maximum Gasteiger partial charge on any atom is 0.306 e. The molecule has 3 saturated carbocycles. The molecule has 3 fully saturated rings. The van der Waals surface area contributed by atoms with E-state index in [9.17, 15) is 9.59 Å². The summed E-state index contributed by atoms with van der Waals surface area (Å²) in [5.74, 6) is 2.88. The van der Waals surface area contributed by atoms with Crippen LogP contribution < -0.4 is 0 Å². The van der Waals surface area contributed by atoms with Gasteiger partial charge in [-0.05, 0) is 86.9 Å². The average Bonchev–Trinajstić information content (AvgIpc) is 3.11. The van der Waals surface area contributed by atoms with Crippen LogP contribution in [0, 0.1) is 34.5 Å². The number of allylic oxidation sites excluding steroid dienone is 1. The van der Waals surface area contributed by atoms with Gasteiger partial charge in [0.25, 0.3) is 0 Å².